The van der Waals surface area contributed by atoms with Crippen molar-refractivity contribution in [3.8, 4) is 0 Å². The minimum Gasteiger partial charge on any atom is -0.353 e. The van der Waals surface area contributed by atoms with Gasteiger partial charge in [-0.3, -0.25) is 4.79 Å². The molecule has 1 atom stereocenters. The van der Waals surface area contributed by atoms with Gasteiger partial charge in [0.1, 0.15) is 0 Å². The van der Waals surface area contributed by atoms with Crippen molar-refractivity contribution in [3.05, 3.63) is 35.4 Å². The molecule has 0 fully saturated rings. The van der Waals surface area contributed by atoms with E-state index in [9.17, 15) is 4.79 Å². The fraction of sp³-hybridized carbons (Fsp3) is 0.533. The third-order valence-corrected chi connectivity index (χ3v) is 3.35. The molecule has 3 nitrogen and oxygen atoms in total. The van der Waals surface area contributed by atoms with Crippen LogP contribution in [0.2, 0.25) is 0 Å². The molecule has 1 aliphatic rings. The van der Waals surface area contributed by atoms with Gasteiger partial charge in [0.25, 0.3) is 0 Å². The van der Waals surface area contributed by atoms with Crippen LogP contribution in [0, 0.1) is 0 Å². The summed E-state index contributed by atoms with van der Waals surface area (Å²) in [5, 5.41) is 6.26. The second-order valence-electron chi connectivity index (χ2n) is 5.31. The maximum Gasteiger partial charge on any atom is 0.234 e. The van der Waals surface area contributed by atoms with E-state index in [2.05, 4.69) is 34.9 Å². The summed E-state index contributed by atoms with van der Waals surface area (Å²) < 4.78 is 0. The SMILES string of the molecule is CC(C)NC(=O)CNC1CCc2ccccc2C1. The Kier molecular flexibility index (Phi) is 4.37. The van der Waals surface area contributed by atoms with Crippen LogP contribution in [0.1, 0.15) is 31.4 Å². The van der Waals surface area contributed by atoms with E-state index in [1.54, 1.807) is 0 Å². The Bertz CT molecular complexity index is 415. The molecular weight excluding hydrogens is 224 g/mol. The van der Waals surface area contributed by atoms with Crippen LogP contribution in [0.25, 0.3) is 0 Å². The zero-order valence-corrected chi connectivity index (χ0v) is 11.2. The molecule has 0 heterocycles. The summed E-state index contributed by atoms with van der Waals surface area (Å²) in [6.07, 6.45) is 3.26. The molecule has 2 rings (SSSR count). The van der Waals surface area contributed by atoms with E-state index in [1.165, 1.54) is 11.1 Å². The molecule has 0 saturated carbocycles. The highest BCUT2D eigenvalue weighted by Crippen LogP contribution is 2.20. The molecule has 18 heavy (non-hydrogen) atoms. The van der Waals surface area contributed by atoms with Gasteiger partial charge in [-0.05, 0) is 44.2 Å². The molecule has 2 N–H and O–H groups in total. The maximum atomic E-state index is 11.6. The topological polar surface area (TPSA) is 41.1 Å². The minimum atomic E-state index is 0.0869. The van der Waals surface area contributed by atoms with Crippen molar-refractivity contribution < 1.29 is 4.79 Å². The third-order valence-electron chi connectivity index (χ3n) is 3.35. The largest absolute Gasteiger partial charge is 0.353 e. The molecule has 1 aromatic rings. The predicted octanol–water partition coefficient (Wildman–Crippen LogP) is 1.66. The fourth-order valence-corrected chi connectivity index (χ4v) is 2.48. The van der Waals surface area contributed by atoms with Crippen LogP contribution in [0.4, 0.5) is 0 Å². The molecule has 0 saturated heterocycles. The van der Waals surface area contributed by atoms with E-state index in [0.717, 1.165) is 19.3 Å². The van der Waals surface area contributed by atoms with Crippen LogP contribution in [0.3, 0.4) is 0 Å². The number of amides is 1. The maximum absolute atomic E-state index is 11.6. The number of hydrogen-bond donors (Lipinski definition) is 2. The Morgan fingerprint density at radius 2 is 2.06 bits per heavy atom. The number of carbonyl (C=O) groups excluding carboxylic acids is 1. The summed E-state index contributed by atoms with van der Waals surface area (Å²) in [7, 11) is 0. The number of rotatable bonds is 4. The molecule has 1 aromatic carbocycles. The van der Waals surface area contributed by atoms with Gasteiger partial charge in [0.2, 0.25) is 5.91 Å². The standard InChI is InChI=1S/C15H22N2O/c1-11(2)17-15(18)10-16-14-8-7-12-5-3-4-6-13(12)9-14/h3-6,11,14,16H,7-10H2,1-2H3,(H,17,18). The first kappa shape index (κ1) is 13.1. The lowest BCUT2D eigenvalue weighted by Gasteiger charge is -2.25. The number of benzene rings is 1. The van der Waals surface area contributed by atoms with Crippen molar-refractivity contribution in [3.63, 3.8) is 0 Å². The lowest BCUT2D eigenvalue weighted by Crippen LogP contribution is -2.43. The van der Waals surface area contributed by atoms with Gasteiger partial charge in [-0.2, -0.15) is 0 Å². The normalized spacial score (nSPS) is 18.5. The summed E-state index contributed by atoms with van der Waals surface area (Å²) in [5.74, 6) is 0.0869. The third kappa shape index (κ3) is 3.57. The van der Waals surface area contributed by atoms with Gasteiger partial charge in [-0.15, -0.1) is 0 Å². The molecule has 0 spiro atoms. The van der Waals surface area contributed by atoms with Crippen molar-refractivity contribution in [2.75, 3.05) is 6.54 Å². The number of aryl methyl sites for hydroxylation is 1. The van der Waals surface area contributed by atoms with Gasteiger partial charge in [-0.1, -0.05) is 24.3 Å². The van der Waals surface area contributed by atoms with Crippen molar-refractivity contribution in [1.29, 1.82) is 0 Å². The quantitative estimate of drug-likeness (QED) is 0.848. The molecule has 0 radical (unpaired) electrons. The molecule has 1 aliphatic carbocycles. The van der Waals surface area contributed by atoms with Crippen LogP contribution >= 0.6 is 0 Å². The molecule has 0 bridgehead atoms. The highest BCUT2D eigenvalue weighted by Gasteiger charge is 2.18. The van der Waals surface area contributed by atoms with Crippen LogP contribution < -0.4 is 10.6 Å². The molecule has 98 valence electrons. The minimum absolute atomic E-state index is 0.0869. The van der Waals surface area contributed by atoms with E-state index in [-0.39, 0.29) is 11.9 Å². The Morgan fingerprint density at radius 3 is 2.78 bits per heavy atom. The second kappa shape index (κ2) is 6.01. The van der Waals surface area contributed by atoms with E-state index in [1.807, 2.05) is 13.8 Å². The summed E-state index contributed by atoms with van der Waals surface area (Å²) in [4.78, 5) is 11.6. The monoisotopic (exact) mass is 246 g/mol. The van der Waals surface area contributed by atoms with E-state index >= 15 is 0 Å². The van der Waals surface area contributed by atoms with Gasteiger partial charge >= 0.3 is 0 Å². The summed E-state index contributed by atoms with van der Waals surface area (Å²) in [6.45, 7) is 4.38. The fourth-order valence-electron chi connectivity index (χ4n) is 2.48. The summed E-state index contributed by atoms with van der Waals surface area (Å²) >= 11 is 0. The first-order valence-corrected chi connectivity index (χ1v) is 6.74. The van der Waals surface area contributed by atoms with Crippen molar-refractivity contribution >= 4 is 5.91 Å². The van der Waals surface area contributed by atoms with Gasteiger partial charge in [0.15, 0.2) is 0 Å². The average Bonchev–Trinajstić information content (AvgIpc) is 2.35. The Hall–Kier alpha value is -1.35. The number of fused-ring (bicyclic) bond motifs is 1. The zero-order valence-electron chi connectivity index (χ0n) is 11.2. The highest BCUT2D eigenvalue weighted by molar-refractivity contribution is 5.78. The van der Waals surface area contributed by atoms with Crippen molar-refractivity contribution in [2.24, 2.45) is 0 Å². The first-order chi connectivity index (χ1) is 8.65. The second-order valence-corrected chi connectivity index (χ2v) is 5.31. The first-order valence-electron chi connectivity index (χ1n) is 6.74. The van der Waals surface area contributed by atoms with Crippen molar-refractivity contribution in [2.45, 2.75) is 45.2 Å². The number of hydrogen-bond acceptors (Lipinski definition) is 2. The highest BCUT2D eigenvalue weighted by atomic mass is 16.1. The average molecular weight is 246 g/mol. The molecule has 0 aromatic heterocycles. The van der Waals surface area contributed by atoms with Crippen LogP contribution in [0.15, 0.2) is 24.3 Å². The summed E-state index contributed by atoms with van der Waals surface area (Å²) in [6, 6.07) is 9.23. The molecule has 1 amide bonds. The van der Waals surface area contributed by atoms with Crippen LogP contribution in [0.5, 0.6) is 0 Å². The Morgan fingerprint density at radius 1 is 1.33 bits per heavy atom. The zero-order chi connectivity index (χ0) is 13.0. The van der Waals surface area contributed by atoms with Crippen molar-refractivity contribution in [1.82, 2.24) is 10.6 Å². The number of carbonyl (C=O) groups is 1. The van der Waals surface area contributed by atoms with E-state index in [0.29, 0.717) is 12.6 Å². The lowest BCUT2D eigenvalue weighted by atomic mass is 9.88. The van der Waals surface area contributed by atoms with Gasteiger partial charge < -0.3 is 10.6 Å². The molecule has 1 unspecified atom stereocenters. The van der Waals surface area contributed by atoms with Gasteiger partial charge in [0, 0.05) is 12.1 Å². The Labute approximate surface area is 109 Å². The molecule has 3 heteroatoms. The van der Waals surface area contributed by atoms with E-state index in [4.69, 9.17) is 0 Å². The Balaban J connectivity index is 1.81. The summed E-state index contributed by atoms with van der Waals surface area (Å²) in [5.41, 5.74) is 2.88. The predicted molar refractivity (Wildman–Crippen MR) is 73.5 cm³/mol. The van der Waals surface area contributed by atoms with Gasteiger partial charge in [0.05, 0.1) is 6.54 Å². The van der Waals surface area contributed by atoms with Crippen LogP contribution in [-0.2, 0) is 17.6 Å². The molecular formula is C15H22N2O. The molecule has 0 aliphatic heterocycles. The lowest BCUT2D eigenvalue weighted by molar-refractivity contribution is -0.120. The smallest absolute Gasteiger partial charge is 0.234 e. The van der Waals surface area contributed by atoms with Crippen LogP contribution in [-0.4, -0.2) is 24.5 Å². The number of nitrogens with one attached hydrogen (secondary N) is 2. The van der Waals surface area contributed by atoms with E-state index < -0.39 is 0 Å². The van der Waals surface area contributed by atoms with Gasteiger partial charge in [-0.25, -0.2) is 0 Å².